The van der Waals surface area contributed by atoms with Gasteiger partial charge in [-0.1, -0.05) is 60.7 Å². The van der Waals surface area contributed by atoms with Crippen LogP contribution in [-0.2, 0) is 17.8 Å². The number of carbonyl (C=O) groups excluding carboxylic acids is 1. The third-order valence-electron chi connectivity index (χ3n) is 6.63. The van der Waals surface area contributed by atoms with Crippen molar-refractivity contribution in [1.29, 1.82) is 0 Å². The number of hydrogen-bond acceptors (Lipinski definition) is 9. The SMILES string of the molecule is COC(=O)c1c(OC)c(F)c(NCc2ccccc2)c(F)c1OC.COc1c(F)c(NCc2ccccc2)c(F)c(OC)c1C(=O)O. The molecule has 47 heavy (non-hydrogen) atoms. The number of ether oxygens (including phenoxy) is 5. The first-order valence-electron chi connectivity index (χ1n) is 13.7. The van der Waals surface area contributed by atoms with E-state index in [0.29, 0.717) is 0 Å². The molecule has 0 unspecified atom stereocenters. The summed E-state index contributed by atoms with van der Waals surface area (Å²) < 4.78 is 82.1. The van der Waals surface area contributed by atoms with Crippen molar-refractivity contribution < 1.29 is 55.9 Å². The summed E-state index contributed by atoms with van der Waals surface area (Å²) in [5, 5.41) is 14.4. The van der Waals surface area contributed by atoms with Crippen LogP contribution in [0.3, 0.4) is 0 Å². The van der Waals surface area contributed by atoms with Crippen molar-refractivity contribution >= 4 is 23.3 Å². The van der Waals surface area contributed by atoms with Gasteiger partial charge >= 0.3 is 11.9 Å². The smallest absolute Gasteiger partial charge is 0.345 e. The van der Waals surface area contributed by atoms with Gasteiger partial charge in [0.2, 0.25) is 0 Å². The average Bonchev–Trinajstić information content (AvgIpc) is 3.08. The number of methoxy groups -OCH3 is 5. The highest BCUT2D eigenvalue weighted by molar-refractivity contribution is 5.97. The van der Waals surface area contributed by atoms with E-state index in [1.807, 2.05) is 24.3 Å². The third-order valence-corrected chi connectivity index (χ3v) is 6.63. The Morgan fingerprint density at radius 3 is 1.17 bits per heavy atom. The number of anilines is 2. The number of carbonyl (C=O) groups is 2. The summed E-state index contributed by atoms with van der Waals surface area (Å²) in [6.45, 7) is 0.325. The first-order valence-corrected chi connectivity index (χ1v) is 13.7. The highest BCUT2D eigenvalue weighted by atomic mass is 19.1. The number of esters is 1. The van der Waals surface area contributed by atoms with E-state index in [4.69, 9.17) is 24.1 Å². The lowest BCUT2D eigenvalue weighted by Crippen LogP contribution is -2.13. The van der Waals surface area contributed by atoms with Crippen LogP contribution in [0.25, 0.3) is 0 Å². The Bertz CT molecular complexity index is 1640. The summed E-state index contributed by atoms with van der Waals surface area (Å²) in [7, 11) is 5.64. The Morgan fingerprint density at radius 2 is 0.894 bits per heavy atom. The molecule has 0 fully saturated rings. The van der Waals surface area contributed by atoms with Crippen molar-refractivity contribution in [3.8, 4) is 23.0 Å². The largest absolute Gasteiger partial charge is 0.493 e. The fourth-order valence-corrected chi connectivity index (χ4v) is 4.42. The van der Waals surface area contributed by atoms with Crippen molar-refractivity contribution in [2.75, 3.05) is 46.2 Å². The quantitative estimate of drug-likeness (QED) is 0.112. The van der Waals surface area contributed by atoms with Crippen LogP contribution in [0.2, 0.25) is 0 Å². The van der Waals surface area contributed by atoms with E-state index in [0.717, 1.165) is 32.5 Å². The third kappa shape index (κ3) is 7.95. The molecule has 250 valence electrons. The topological polar surface area (TPSA) is 125 Å². The predicted molar refractivity (Wildman–Crippen MR) is 165 cm³/mol. The number of benzene rings is 4. The minimum absolute atomic E-state index is 0.146. The van der Waals surface area contributed by atoms with E-state index >= 15 is 0 Å². The fraction of sp³-hybridized carbons (Fsp3) is 0.212. The number of carboxylic acids is 1. The number of halogens is 4. The van der Waals surface area contributed by atoms with Crippen molar-refractivity contribution in [1.82, 2.24) is 0 Å². The van der Waals surface area contributed by atoms with Crippen LogP contribution >= 0.6 is 0 Å². The molecule has 0 aromatic heterocycles. The molecular formula is C33H32F4N2O8. The van der Waals surface area contributed by atoms with Gasteiger partial charge in [-0.25, -0.2) is 27.2 Å². The maximum atomic E-state index is 14.6. The van der Waals surface area contributed by atoms with Gasteiger partial charge in [0.25, 0.3) is 0 Å². The van der Waals surface area contributed by atoms with E-state index < -0.39 is 80.7 Å². The molecule has 0 aliphatic heterocycles. The van der Waals surface area contributed by atoms with Gasteiger partial charge < -0.3 is 39.4 Å². The van der Waals surface area contributed by atoms with Crippen LogP contribution in [0.1, 0.15) is 31.8 Å². The van der Waals surface area contributed by atoms with Gasteiger partial charge in [-0.05, 0) is 11.1 Å². The highest BCUT2D eigenvalue weighted by Crippen LogP contribution is 2.41. The minimum Gasteiger partial charge on any atom is -0.493 e. The van der Waals surface area contributed by atoms with Gasteiger partial charge in [-0.2, -0.15) is 0 Å². The molecule has 4 aromatic rings. The van der Waals surface area contributed by atoms with E-state index in [9.17, 15) is 27.2 Å². The molecule has 14 heteroatoms. The first kappa shape index (κ1) is 35.8. The monoisotopic (exact) mass is 660 g/mol. The minimum atomic E-state index is -1.55. The number of carboxylic acid groups (broad SMARTS) is 1. The normalized spacial score (nSPS) is 10.2. The lowest BCUT2D eigenvalue weighted by atomic mass is 10.1. The summed E-state index contributed by atoms with van der Waals surface area (Å²) in [6.07, 6.45) is 0. The Labute approximate surface area is 267 Å². The number of nitrogens with one attached hydrogen (secondary N) is 2. The molecule has 0 saturated heterocycles. The zero-order chi connectivity index (χ0) is 34.7. The Morgan fingerprint density at radius 1 is 0.574 bits per heavy atom. The Hall–Kier alpha value is -5.66. The summed E-state index contributed by atoms with van der Waals surface area (Å²) in [6, 6.07) is 18.0. The van der Waals surface area contributed by atoms with Crippen molar-refractivity contribution in [2.45, 2.75) is 13.1 Å². The van der Waals surface area contributed by atoms with Gasteiger partial charge in [-0.3, -0.25) is 0 Å². The summed E-state index contributed by atoms with van der Waals surface area (Å²) in [5.74, 6) is -8.91. The lowest BCUT2D eigenvalue weighted by molar-refractivity contribution is 0.0590. The highest BCUT2D eigenvalue weighted by Gasteiger charge is 2.32. The molecule has 0 aliphatic rings. The number of hydrogen-bond donors (Lipinski definition) is 3. The van der Waals surface area contributed by atoms with Gasteiger partial charge in [0.05, 0.1) is 35.5 Å². The first-order chi connectivity index (χ1) is 22.6. The second-order valence-electron chi connectivity index (χ2n) is 9.36. The lowest BCUT2D eigenvalue weighted by Gasteiger charge is -2.17. The van der Waals surface area contributed by atoms with Crippen LogP contribution < -0.4 is 29.6 Å². The summed E-state index contributed by atoms with van der Waals surface area (Å²) in [5.41, 5.74) is -0.469. The summed E-state index contributed by atoms with van der Waals surface area (Å²) in [4.78, 5) is 23.1. The molecule has 0 spiro atoms. The number of rotatable bonds is 12. The molecule has 4 rings (SSSR count). The van der Waals surface area contributed by atoms with Gasteiger partial charge in [0.1, 0.15) is 22.5 Å². The van der Waals surface area contributed by atoms with Gasteiger partial charge in [0, 0.05) is 13.1 Å². The Kier molecular flexibility index (Phi) is 12.6. The van der Waals surface area contributed by atoms with Gasteiger partial charge in [-0.15, -0.1) is 0 Å². The standard InChI is InChI=1S/C17H17F2NO4.C16H15F2NO4/c1-22-15-11(17(21)24-3)16(23-2)13(19)14(12(15)18)20-9-10-7-5-4-6-8-10;1-22-14-10(16(20)21)15(23-2)12(18)13(11(14)17)19-8-9-6-4-3-5-7-9/h4-8,20H,9H2,1-3H3;3-7,19H,8H2,1-2H3,(H,20,21). The fourth-order valence-electron chi connectivity index (χ4n) is 4.42. The van der Waals surface area contributed by atoms with Crippen LogP contribution in [0, 0.1) is 23.3 Å². The molecule has 10 nitrogen and oxygen atoms in total. The van der Waals surface area contributed by atoms with Crippen molar-refractivity contribution in [3.05, 3.63) is 106 Å². The zero-order valence-corrected chi connectivity index (χ0v) is 26.0. The summed E-state index contributed by atoms with van der Waals surface area (Å²) >= 11 is 0. The predicted octanol–water partition coefficient (Wildman–Crippen LogP) is 6.67. The molecule has 0 heterocycles. The van der Waals surface area contributed by atoms with E-state index in [1.54, 1.807) is 36.4 Å². The molecule has 0 saturated carbocycles. The second-order valence-corrected chi connectivity index (χ2v) is 9.36. The van der Waals surface area contributed by atoms with E-state index in [-0.39, 0.29) is 13.1 Å². The average molecular weight is 661 g/mol. The van der Waals surface area contributed by atoms with Crippen LogP contribution in [0.4, 0.5) is 28.9 Å². The van der Waals surface area contributed by atoms with Crippen LogP contribution in [-0.4, -0.2) is 52.6 Å². The molecule has 0 amide bonds. The Balaban J connectivity index is 0.000000256. The van der Waals surface area contributed by atoms with E-state index in [1.165, 1.54) is 14.2 Å². The maximum absolute atomic E-state index is 14.6. The van der Waals surface area contributed by atoms with Gasteiger partial charge in [0.15, 0.2) is 46.3 Å². The van der Waals surface area contributed by atoms with Crippen molar-refractivity contribution in [3.63, 3.8) is 0 Å². The number of aromatic carboxylic acids is 1. The molecule has 3 N–H and O–H groups in total. The molecule has 0 radical (unpaired) electrons. The zero-order valence-electron chi connectivity index (χ0n) is 26.0. The van der Waals surface area contributed by atoms with Crippen molar-refractivity contribution in [2.24, 2.45) is 0 Å². The molecule has 0 aliphatic carbocycles. The molecular weight excluding hydrogens is 628 g/mol. The second kappa shape index (κ2) is 16.6. The van der Waals surface area contributed by atoms with Crippen LogP contribution in [0.15, 0.2) is 60.7 Å². The molecule has 0 bridgehead atoms. The molecule has 4 aromatic carbocycles. The van der Waals surface area contributed by atoms with Crippen LogP contribution in [0.5, 0.6) is 23.0 Å². The molecule has 0 atom stereocenters. The maximum Gasteiger partial charge on any atom is 0.345 e. The van der Waals surface area contributed by atoms with E-state index in [2.05, 4.69) is 15.4 Å².